The van der Waals surface area contributed by atoms with Gasteiger partial charge in [0.2, 0.25) is 5.91 Å². The highest BCUT2D eigenvalue weighted by atomic mass is 16.5. The molecule has 1 unspecified atom stereocenters. The molecule has 0 bridgehead atoms. The molecule has 2 aromatic carbocycles. The zero-order chi connectivity index (χ0) is 24.1. The molecule has 0 aliphatic heterocycles. The van der Waals surface area contributed by atoms with Gasteiger partial charge in [-0.2, -0.15) is 0 Å². The Bertz CT molecular complexity index is 999. The van der Waals surface area contributed by atoms with Crippen molar-refractivity contribution in [1.82, 2.24) is 10.6 Å². The summed E-state index contributed by atoms with van der Waals surface area (Å²) in [6, 6.07) is 15.6. The van der Waals surface area contributed by atoms with E-state index in [0.717, 1.165) is 12.8 Å². The highest BCUT2D eigenvalue weighted by Gasteiger charge is 2.30. The molecule has 7 heteroatoms. The Morgan fingerprint density at radius 2 is 1.56 bits per heavy atom. The van der Waals surface area contributed by atoms with Crippen molar-refractivity contribution in [3.05, 3.63) is 59.7 Å². The van der Waals surface area contributed by atoms with Crippen LogP contribution in [0.5, 0.6) is 0 Å². The Kier molecular flexibility index (Phi) is 7.50. The highest BCUT2D eigenvalue weighted by molar-refractivity contribution is 5.85. The van der Waals surface area contributed by atoms with Crippen molar-refractivity contribution in [2.45, 2.75) is 51.0 Å². The van der Waals surface area contributed by atoms with E-state index in [1.165, 1.54) is 22.3 Å². The first-order valence-electron chi connectivity index (χ1n) is 12.1. The van der Waals surface area contributed by atoms with Gasteiger partial charge in [0.1, 0.15) is 12.6 Å². The van der Waals surface area contributed by atoms with E-state index >= 15 is 0 Å². The second-order valence-electron chi connectivity index (χ2n) is 9.23. The van der Waals surface area contributed by atoms with E-state index in [-0.39, 0.29) is 30.3 Å². The lowest BCUT2D eigenvalue weighted by Crippen LogP contribution is -2.44. The fourth-order valence-corrected chi connectivity index (χ4v) is 5.13. The quantitative estimate of drug-likeness (QED) is 0.540. The number of nitrogens with one attached hydrogen (secondary N) is 2. The Balaban J connectivity index is 1.22. The molecule has 0 aromatic heterocycles. The molecule has 1 saturated carbocycles. The van der Waals surface area contributed by atoms with Crippen LogP contribution in [0.15, 0.2) is 48.5 Å². The third-order valence-corrected chi connectivity index (χ3v) is 7.12. The van der Waals surface area contributed by atoms with E-state index in [4.69, 9.17) is 9.84 Å². The summed E-state index contributed by atoms with van der Waals surface area (Å²) in [5, 5.41) is 14.6. The average Bonchev–Trinajstić information content (AvgIpc) is 3.18. The molecule has 2 aromatic rings. The standard InChI is InChI=1S/C27H32N2O5/c1-2-24(26(31)32)29-25(30)18-13-11-17(12-14-18)15-28-27(33)34-16-23-21-9-5-3-7-19(21)20-8-4-6-10-22(20)23/h3-10,17-18,23-24H,2,11-16H2,1H3,(H,28,33)(H,29,30)(H,31,32). The number of hydrogen-bond donors (Lipinski definition) is 3. The van der Waals surface area contributed by atoms with Crippen LogP contribution >= 0.6 is 0 Å². The summed E-state index contributed by atoms with van der Waals surface area (Å²) < 4.78 is 5.60. The van der Waals surface area contributed by atoms with Crippen molar-refractivity contribution in [2.24, 2.45) is 11.8 Å². The second kappa shape index (κ2) is 10.7. The van der Waals surface area contributed by atoms with Gasteiger partial charge in [-0.25, -0.2) is 9.59 Å². The molecule has 1 atom stereocenters. The molecule has 4 rings (SSSR count). The molecule has 2 aliphatic carbocycles. The molecule has 7 nitrogen and oxygen atoms in total. The van der Waals surface area contributed by atoms with Crippen LogP contribution in [0.4, 0.5) is 4.79 Å². The summed E-state index contributed by atoms with van der Waals surface area (Å²) in [6.45, 7) is 2.54. The SMILES string of the molecule is CCC(NC(=O)C1CCC(CNC(=O)OCC2c3ccccc3-c3ccccc32)CC1)C(=O)O. The van der Waals surface area contributed by atoms with Crippen molar-refractivity contribution >= 4 is 18.0 Å². The first kappa shape index (κ1) is 23.8. The van der Waals surface area contributed by atoms with E-state index in [2.05, 4.69) is 34.9 Å². The minimum Gasteiger partial charge on any atom is -0.480 e. The lowest BCUT2D eigenvalue weighted by atomic mass is 9.81. The summed E-state index contributed by atoms with van der Waals surface area (Å²) in [7, 11) is 0. The minimum absolute atomic E-state index is 0.0323. The van der Waals surface area contributed by atoms with Crippen LogP contribution in [0, 0.1) is 11.8 Å². The summed E-state index contributed by atoms with van der Waals surface area (Å²) >= 11 is 0. The largest absolute Gasteiger partial charge is 0.480 e. The van der Waals surface area contributed by atoms with Gasteiger partial charge in [-0.3, -0.25) is 4.79 Å². The van der Waals surface area contributed by atoms with E-state index in [9.17, 15) is 14.4 Å². The first-order chi connectivity index (χ1) is 16.5. The van der Waals surface area contributed by atoms with Gasteiger partial charge in [0.15, 0.2) is 0 Å². The smallest absolute Gasteiger partial charge is 0.407 e. The van der Waals surface area contributed by atoms with Crippen LogP contribution in [0.2, 0.25) is 0 Å². The van der Waals surface area contributed by atoms with Crippen molar-refractivity contribution in [3.8, 4) is 11.1 Å². The van der Waals surface area contributed by atoms with Gasteiger partial charge < -0.3 is 20.5 Å². The predicted molar refractivity (Wildman–Crippen MR) is 128 cm³/mol. The van der Waals surface area contributed by atoms with E-state index in [1.54, 1.807) is 6.92 Å². The van der Waals surface area contributed by atoms with Gasteiger partial charge in [-0.1, -0.05) is 55.5 Å². The average molecular weight is 465 g/mol. The third-order valence-electron chi connectivity index (χ3n) is 7.12. The molecule has 1 fully saturated rings. The maximum atomic E-state index is 12.4. The van der Waals surface area contributed by atoms with Crippen LogP contribution in [0.25, 0.3) is 11.1 Å². The first-order valence-corrected chi connectivity index (χ1v) is 12.1. The lowest BCUT2D eigenvalue weighted by Gasteiger charge is -2.28. The van der Waals surface area contributed by atoms with Gasteiger partial charge >= 0.3 is 12.1 Å². The zero-order valence-electron chi connectivity index (χ0n) is 19.5. The molecule has 34 heavy (non-hydrogen) atoms. The normalized spacial score (nSPS) is 20.0. The second-order valence-corrected chi connectivity index (χ2v) is 9.23. The number of aliphatic carboxylic acids is 1. The maximum absolute atomic E-state index is 12.4. The van der Waals surface area contributed by atoms with Crippen LogP contribution in [-0.2, 0) is 14.3 Å². The van der Waals surface area contributed by atoms with E-state index < -0.39 is 18.1 Å². The van der Waals surface area contributed by atoms with Gasteiger partial charge in [-0.15, -0.1) is 0 Å². The molecular formula is C27H32N2O5. The zero-order valence-corrected chi connectivity index (χ0v) is 19.5. The van der Waals surface area contributed by atoms with Crippen molar-refractivity contribution < 1.29 is 24.2 Å². The van der Waals surface area contributed by atoms with E-state index in [1.807, 2.05) is 24.3 Å². The van der Waals surface area contributed by atoms with Crippen molar-refractivity contribution in [1.29, 1.82) is 0 Å². The Labute approximate surface area is 199 Å². The topological polar surface area (TPSA) is 105 Å². The Morgan fingerprint density at radius 1 is 0.971 bits per heavy atom. The monoisotopic (exact) mass is 464 g/mol. The van der Waals surface area contributed by atoms with Crippen molar-refractivity contribution in [3.63, 3.8) is 0 Å². The number of carbonyl (C=O) groups excluding carboxylic acids is 2. The van der Waals surface area contributed by atoms with Crippen molar-refractivity contribution in [2.75, 3.05) is 13.2 Å². The van der Waals surface area contributed by atoms with Gasteiger partial charge in [0, 0.05) is 18.4 Å². The predicted octanol–water partition coefficient (Wildman–Crippen LogP) is 4.31. The molecule has 0 spiro atoms. The molecule has 2 amide bonds. The minimum atomic E-state index is -1.00. The third kappa shape index (κ3) is 5.24. The van der Waals surface area contributed by atoms with Gasteiger partial charge in [-0.05, 0) is 60.3 Å². The number of carbonyl (C=O) groups is 3. The van der Waals surface area contributed by atoms with E-state index in [0.29, 0.717) is 25.8 Å². The summed E-state index contributed by atoms with van der Waals surface area (Å²) in [5.41, 5.74) is 4.76. The molecule has 180 valence electrons. The number of rotatable bonds is 8. The number of hydrogen-bond acceptors (Lipinski definition) is 4. The van der Waals surface area contributed by atoms with Crippen LogP contribution in [0.1, 0.15) is 56.1 Å². The molecule has 3 N–H and O–H groups in total. The van der Waals surface area contributed by atoms with Gasteiger partial charge in [0.05, 0.1) is 0 Å². The van der Waals surface area contributed by atoms with Crippen LogP contribution < -0.4 is 10.6 Å². The molecule has 0 saturated heterocycles. The Hall–Kier alpha value is -3.35. The number of carboxylic acids is 1. The molecule has 2 aliphatic rings. The number of alkyl carbamates (subject to hydrolysis) is 1. The number of amides is 2. The van der Waals surface area contributed by atoms with Gasteiger partial charge in [0.25, 0.3) is 0 Å². The number of ether oxygens (including phenoxy) is 1. The summed E-state index contributed by atoms with van der Waals surface area (Å²) in [5.74, 6) is -1.04. The Morgan fingerprint density at radius 3 is 2.12 bits per heavy atom. The highest BCUT2D eigenvalue weighted by Crippen LogP contribution is 2.44. The number of carboxylic acid groups (broad SMARTS) is 1. The summed E-state index contributed by atoms with van der Waals surface area (Å²) in [6.07, 6.45) is 2.95. The number of benzene rings is 2. The maximum Gasteiger partial charge on any atom is 0.407 e. The molecule has 0 heterocycles. The molecular weight excluding hydrogens is 432 g/mol. The van der Waals surface area contributed by atoms with Crippen LogP contribution in [0.3, 0.4) is 0 Å². The number of fused-ring (bicyclic) bond motifs is 3. The fourth-order valence-electron chi connectivity index (χ4n) is 5.13. The fraction of sp³-hybridized carbons (Fsp3) is 0.444. The summed E-state index contributed by atoms with van der Waals surface area (Å²) in [4.78, 5) is 35.9. The van der Waals surface area contributed by atoms with Crippen LogP contribution in [-0.4, -0.2) is 42.3 Å². The molecule has 0 radical (unpaired) electrons. The lowest BCUT2D eigenvalue weighted by molar-refractivity contribution is -0.142.